The van der Waals surface area contributed by atoms with Crippen LogP contribution < -0.4 is 4.31 Å². The van der Waals surface area contributed by atoms with E-state index in [0.717, 1.165) is 5.56 Å². The molecule has 0 saturated carbocycles. The molecule has 5 nitrogen and oxygen atoms in total. The minimum absolute atomic E-state index is 0.181. The molecule has 0 radical (unpaired) electrons. The molecule has 0 fully saturated rings. The number of esters is 1. The third-order valence-electron chi connectivity index (χ3n) is 3.70. The molecule has 25 heavy (non-hydrogen) atoms. The van der Waals surface area contributed by atoms with Gasteiger partial charge in [-0.15, -0.1) is 0 Å². The predicted molar refractivity (Wildman–Crippen MR) is 98.0 cm³/mol. The minimum Gasteiger partial charge on any atom is -0.466 e. The second kappa shape index (κ2) is 8.67. The maximum absolute atomic E-state index is 13.1. The Kier molecular flexibility index (Phi) is 6.58. The van der Waals surface area contributed by atoms with Crippen LogP contribution in [0, 0.1) is 6.92 Å². The van der Waals surface area contributed by atoms with E-state index in [1.807, 2.05) is 13.0 Å². The van der Waals surface area contributed by atoms with Crippen LogP contribution in [0.5, 0.6) is 0 Å². The molecule has 0 bridgehead atoms. The lowest BCUT2D eigenvalue weighted by Crippen LogP contribution is -2.32. The van der Waals surface area contributed by atoms with Gasteiger partial charge in [0.2, 0.25) is 0 Å². The molecule has 0 spiro atoms. The zero-order valence-electron chi connectivity index (χ0n) is 14.5. The van der Waals surface area contributed by atoms with Gasteiger partial charge in [0.25, 0.3) is 10.0 Å². The summed E-state index contributed by atoms with van der Waals surface area (Å²) < 4.78 is 32.4. The number of hydrogen-bond acceptors (Lipinski definition) is 4. The Bertz CT molecular complexity index is 786. The Morgan fingerprint density at radius 3 is 2.28 bits per heavy atom. The normalized spacial score (nSPS) is 11.1. The molecule has 0 aromatic heterocycles. The molecule has 2 aromatic carbocycles. The summed E-state index contributed by atoms with van der Waals surface area (Å²) >= 11 is 0. The van der Waals surface area contributed by atoms with Crippen LogP contribution in [0.1, 0.15) is 25.3 Å². The van der Waals surface area contributed by atoms with E-state index < -0.39 is 10.0 Å². The highest BCUT2D eigenvalue weighted by Crippen LogP contribution is 2.24. The Balaban J connectivity index is 2.25. The summed E-state index contributed by atoms with van der Waals surface area (Å²) in [6, 6.07) is 15.7. The molecule has 6 heteroatoms. The van der Waals surface area contributed by atoms with Gasteiger partial charge < -0.3 is 4.74 Å². The van der Waals surface area contributed by atoms with E-state index >= 15 is 0 Å². The minimum atomic E-state index is -3.70. The number of benzene rings is 2. The fraction of sp³-hybridized carbons (Fsp3) is 0.316. The quantitative estimate of drug-likeness (QED) is 0.675. The molecule has 0 unspecified atom stereocenters. The molecule has 0 aliphatic rings. The number of anilines is 1. The van der Waals surface area contributed by atoms with Gasteiger partial charge in [-0.2, -0.15) is 0 Å². The number of hydrogen-bond donors (Lipinski definition) is 0. The van der Waals surface area contributed by atoms with Gasteiger partial charge in [-0.25, -0.2) is 8.42 Å². The SMILES string of the molecule is CCOC(=O)CCCN(c1ccccc1)S(=O)(=O)c1ccc(C)cc1. The van der Waals surface area contributed by atoms with E-state index in [9.17, 15) is 13.2 Å². The summed E-state index contributed by atoms with van der Waals surface area (Å²) in [4.78, 5) is 11.8. The first kappa shape index (κ1) is 19.0. The van der Waals surface area contributed by atoms with Crippen molar-refractivity contribution < 1.29 is 17.9 Å². The van der Waals surface area contributed by atoms with Crippen molar-refractivity contribution in [3.63, 3.8) is 0 Å². The molecule has 2 rings (SSSR count). The number of ether oxygens (including phenoxy) is 1. The fourth-order valence-corrected chi connectivity index (χ4v) is 3.92. The highest BCUT2D eigenvalue weighted by atomic mass is 32.2. The Morgan fingerprint density at radius 2 is 1.68 bits per heavy atom. The molecular weight excluding hydrogens is 338 g/mol. The molecule has 0 heterocycles. The van der Waals surface area contributed by atoms with E-state index in [4.69, 9.17) is 4.74 Å². The largest absolute Gasteiger partial charge is 0.466 e. The van der Waals surface area contributed by atoms with Gasteiger partial charge in [0.15, 0.2) is 0 Å². The monoisotopic (exact) mass is 361 g/mol. The van der Waals surface area contributed by atoms with E-state index in [1.165, 1.54) is 4.31 Å². The summed E-state index contributed by atoms with van der Waals surface area (Å²) in [5.74, 6) is -0.316. The molecular formula is C19H23NO4S. The predicted octanol–water partition coefficient (Wildman–Crippen LogP) is 3.53. The lowest BCUT2D eigenvalue weighted by Gasteiger charge is -2.24. The molecule has 0 amide bonds. The Morgan fingerprint density at radius 1 is 1.04 bits per heavy atom. The number of carbonyl (C=O) groups is 1. The number of rotatable bonds is 8. The molecule has 0 saturated heterocycles. The average molecular weight is 361 g/mol. The van der Waals surface area contributed by atoms with Crippen LogP contribution in [0.2, 0.25) is 0 Å². The molecule has 134 valence electrons. The smallest absolute Gasteiger partial charge is 0.305 e. The Labute approximate surface area is 149 Å². The third-order valence-corrected chi connectivity index (χ3v) is 5.54. The van der Waals surface area contributed by atoms with Crippen molar-refractivity contribution in [2.24, 2.45) is 0 Å². The van der Waals surface area contributed by atoms with Gasteiger partial charge in [0.05, 0.1) is 17.2 Å². The van der Waals surface area contributed by atoms with Crippen molar-refractivity contribution in [2.45, 2.75) is 31.6 Å². The fourth-order valence-electron chi connectivity index (χ4n) is 2.42. The van der Waals surface area contributed by atoms with E-state index in [0.29, 0.717) is 18.7 Å². The lowest BCUT2D eigenvalue weighted by atomic mass is 10.2. The van der Waals surface area contributed by atoms with Crippen molar-refractivity contribution in [3.8, 4) is 0 Å². The second-order valence-corrected chi connectivity index (χ2v) is 7.50. The van der Waals surface area contributed by atoms with E-state index in [2.05, 4.69) is 0 Å². The van der Waals surface area contributed by atoms with Gasteiger partial charge in [0.1, 0.15) is 0 Å². The van der Waals surface area contributed by atoms with Crippen LogP contribution in [-0.2, 0) is 19.6 Å². The number of para-hydroxylation sites is 1. The Hall–Kier alpha value is -2.34. The third kappa shape index (κ3) is 5.06. The van der Waals surface area contributed by atoms with E-state index in [-0.39, 0.29) is 23.8 Å². The van der Waals surface area contributed by atoms with Gasteiger partial charge in [0, 0.05) is 13.0 Å². The summed E-state index contributed by atoms with van der Waals surface area (Å²) in [6.45, 7) is 4.18. The maximum atomic E-state index is 13.1. The first-order chi connectivity index (χ1) is 11.9. The summed E-state index contributed by atoms with van der Waals surface area (Å²) in [6.07, 6.45) is 0.569. The van der Waals surface area contributed by atoms with Crippen molar-refractivity contribution in [3.05, 3.63) is 60.2 Å². The van der Waals surface area contributed by atoms with Crippen LogP contribution in [0.15, 0.2) is 59.5 Å². The first-order valence-electron chi connectivity index (χ1n) is 8.25. The summed E-state index contributed by atoms with van der Waals surface area (Å²) in [5, 5.41) is 0. The first-order valence-corrected chi connectivity index (χ1v) is 9.69. The van der Waals surface area contributed by atoms with Crippen LogP contribution in [0.3, 0.4) is 0 Å². The standard InChI is InChI=1S/C19H23NO4S/c1-3-24-19(21)10-7-15-20(17-8-5-4-6-9-17)25(22,23)18-13-11-16(2)12-14-18/h4-6,8-9,11-14H,3,7,10,15H2,1-2H3. The number of nitrogens with zero attached hydrogens (tertiary/aromatic N) is 1. The summed E-state index contributed by atoms with van der Waals surface area (Å²) in [7, 11) is -3.70. The van der Waals surface area contributed by atoms with Gasteiger partial charge >= 0.3 is 5.97 Å². The van der Waals surface area contributed by atoms with Crippen molar-refractivity contribution in [1.29, 1.82) is 0 Å². The van der Waals surface area contributed by atoms with Crippen molar-refractivity contribution in [2.75, 3.05) is 17.5 Å². The van der Waals surface area contributed by atoms with Crippen LogP contribution in [-0.4, -0.2) is 27.5 Å². The number of aryl methyl sites for hydroxylation is 1. The number of carbonyl (C=O) groups excluding carboxylic acids is 1. The van der Waals surface area contributed by atoms with Crippen molar-refractivity contribution in [1.82, 2.24) is 0 Å². The van der Waals surface area contributed by atoms with Gasteiger partial charge in [-0.05, 0) is 44.5 Å². The van der Waals surface area contributed by atoms with Gasteiger partial charge in [-0.3, -0.25) is 9.10 Å². The highest BCUT2D eigenvalue weighted by molar-refractivity contribution is 7.92. The van der Waals surface area contributed by atoms with Crippen LogP contribution in [0.25, 0.3) is 0 Å². The van der Waals surface area contributed by atoms with Crippen LogP contribution in [0.4, 0.5) is 5.69 Å². The van der Waals surface area contributed by atoms with Crippen molar-refractivity contribution >= 4 is 21.7 Å². The lowest BCUT2D eigenvalue weighted by molar-refractivity contribution is -0.143. The average Bonchev–Trinajstić information content (AvgIpc) is 2.60. The van der Waals surface area contributed by atoms with Gasteiger partial charge in [-0.1, -0.05) is 35.9 Å². The highest BCUT2D eigenvalue weighted by Gasteiger charge is 2.24. The molecule has 0 aliphatic carbocycles. The second-order valence-electron chi connectivity index (χ2n) is 5.63. The summed E-state index contributed by atoms with van der Waals surface area (Å²) in [5.41, 5.74) is 1.57. The molecule has 0 aliphatic heterocycles. The molecule has 2 aromatic rings. The maximum Gasteiger partial charge on any atom is 0.305 e. The zero-order chi connectivity index (χ0) is 18.3. The van der Waals surface area contributed by atoms with Crippen LogP contribution >= 0.6 is 0 Å². The molecule has 0 atom stereocenters. The van der Waals surface area contributed by atoms with E-state index in [1.54, 1.807) is 55.5 Å². The topological polar surface area (TPSA) is 63.7 Å². The molecule has 0 N–H and O–H groups in total. The zero-order valence-corrected chi connectivity index (χ0v) is 15.3. The number of sulfonamides is 1.